The number of esters is 1. The van der Waals surface area contributed by atoms with E-state index in [2.05, 4.69) is 4.74 Å². The number of hydrogen-bond acceptors (Lipinski definition) is 3. The number of alkyl halides is 5. The van der Waals surface area contributed by atoms with Crippen LogP contribution in [0.5, 0.6) is 0 Å². The van der Waals surface area contributed by atoms with E-state index in [-0.39, 0.29) is 6.20 Å². The van der Waals surface area contributed by atoms with E-state index in [1.165, 1.54) is 0 Å². The van der Waals surface area contributed by atoms with Crippen LogP contribution in [0.15, 0.2) is 11.0 Å². The molecule has 0 aliphatic rings. The number of H-pyrrole nitrogens is 1. The minimum absolute atomic E-state index is 0.288. The van der Waals surface area contributed by atoms with E-state index in [1.54, 1.807) is 4.98 Å². The highest BCUT2D eigenvalue weighted by atomic mass is 19.4. The fraction of sp³-hybridized carbons (Fsp3) is 0.400. The minimum Gasteiger partial charge on any atom is -0.469 e. The average molecular weight is 285 g/mol. The van der Waals surface area contributed by atoms with Crippen LogP contribution in [0.25, 0.3) is 0 Å². The summed E-state index contributed by atoms with van der Waals surface area (Å²) < 4.78 is 66.8. The molecule has 1 rings (SSSR count). The number of halogens is 5. The summed E-state index contributed by atoms with van der Waals surface area (Å²) in [7, 11) is 0.904. The zero-order chi connectivity index (χ0) is 14.8. The Hall–Kier alpha value is -1.93. The Kier molecular flexibility index (Phi) is 4.28. The van der Waals surface area contributed by atoms with Gasteiger partial charge in [0, 0.05) is 11.8 Å². The van der Waals surface area contributed by atoms with Crippen molar-refractivity contribution >= 4 is 5.97 Å². The third-order valence-corrected chi connectivity index (χ3v) is 2.28. The number of carbonyl (C=O) groups excluding carboxylic acids is 1. The molecule has 1 heterocycles. The molecule has 0 aromatic carbocycles. The first-order valence-electron chi connectivity index (χ1n) is 4.85. The third-order valence-electron chi connectivity index (χ3n) is 2.28. The first kappa shape index (κ1) is 15.1. The highest BCUT2D eigenvalue weighted by Crippen LogP contribution is 2.30. The molecular weight excluding hydrogens is 277 g/mol. The largest absolute Gasteiger partial charge is 0.469 e. The molecule has 1 aromatic heterocycles. The van der Waals surface area contributed by atoms with Crippen molar-refractivity contribution < 1.29 is 31.5 Å². The molecule has 0 unspecified atom stereocenters. The summed E-state index contributed by atoms with van der Waals surface area (Å²) in [6, 6.07) is 0. The fourth-order valence-corrected chi connectivity index (χ4v) is 1.39. The van der Waals surface area contributed by atoms with E-state index < -0.39 is 47.2 Å². The summed E-state index contributed by atoms with van der Waals surface area (Å²) in [5.74, 6) is -1.14. The van der Waals surface area contributed by atoms with Crippen LogP contribution in [0.1, 0.15) is 23.2 Å². The summed E-state index contributed by atoms with van der Waals surface area (Å²) in [5, 5.41) is 0. The van der Waals surface area contributed by atoms with Crippen molar-refractivity contribution in [1.82, 2.24) is 4.98 Å². The quantitative estimate of drug-likeness (QED) is 0.683. The van der Waals surface area contributed by atoms with Gasteiger partial charge in [0.2, 0.25) is 0 Å². The third kappa shape index (κ3) is 3.30. The van der Waals surface area contributed by atoms with Crippen LogP contribution in [0, 0.1) is 0 Å². The summed E-state index contributed by atoms with van der Waals surface area (Å²) in [4.78, 5) is 24.1. The van der Waals surface area contributed by atoms with Crippen LogP contribution in [0.3, 0.4) is 0 Å². The van der Waals surface area contributed by atoms with E-state index in [0.717, 1.165) is 7.11 Å². The lowest BCUT2D eigenvalue weighted by atomic mass is 10.1. The lowest BCUT2D eigenvalue weighted by molar-refractivity contribution is -0.143. The second-order valence-electron chi connectivity index (χ2n) is 3.48. The molecule has 1 N–H and O–H groups in total. The van der Waals surface area contributed by atoms with Crippen molar-refractivity contribution in [2.75, 3.05) is 7.11 Å². The molecule has 0 radical (unpaired) electrons. The van der Waals surface area contributed by atoms with Crippen LogP contribution in [-0.2, 0) is 22.1 Å². The molecular formula is C10H8F5NO3. The molecule has 0 saturated carbocycles. The molecule has 0 bridgehead atoms. The van der Waals surface area contributed by atoms with Crippen molar-refractivity contribution in [3.63, 3.8) is 0 Å². The van der Waals surface area contributed by atoms with Gasteiger partial charge in [-0.1, -0.05) is 0 Å². The van der Waals surface area contributed by atoms with Gasteiger partial charge in [0.25, 0.3) is 6.43 Å². The van der Waals surface area contributed by atoms with Crippen LogP contribution in [0.2, 0.25) is 0 Å². The van der Waals surface area contributed by atoms with Crippen molar-refractivity contribution in [2.45, 2.75) is 19.0 Å². The van der Waals surface area contributed by atoms with Gasteiger partial charge in [-0.2, -0.15) is 13.2 Å². The molecule has 106 valence electrons. The Morgan fingerprint density at radius 3 is 2.42 bits per heavy atom. The maximum atomic E-state index is 12.6. The van der Waals surface area contributed by atoms with Crippen molar-refractivity contribution in [2.24, 2.45) is 0 Å². The lowest BCUT2D eigenvalue weighted by Crippen LogP contribution is -2.26. The number of nitrogens with one attached hydrogen (secondary N) is 1. The van der Waals surface area contributed by atoms with E-state index in [0.29, 0.717) is 0 Å². The molecule has 0 saturated heterocycles. The molecule has 0 spiro atoms. The number of rotatable bonds is 3. The Balaban J connectivity index is 3.47. The van der Waals surface area contributed by atoms with Crippen molar-refractivity contribution in [3.8, 4) is 0 Å². The Morgan fingerprint density at radius 2 is 2.00 bits per heavy atom. The standard InChI is InChI=1S/C10H8F5NO3/c1-19-6(17)2-4-7(18)5(9(11)12)3-16-8(4)10(13,14)15/h3,9H,2H2,1H3,(H,16,18). The first-order valence-corrected chi connectivity index (χ1v) is 4.85. The Morgan fingerprint density at radius 1 is 1.42 bits per heavy atom. The molecule has 0 aliphatic carbocycles. The van der Waals surface area contributed by atoms with E-state index in [1.807, 2.05) is 0 Å². The molecule has 4 nitrogen and oxygen atoms in total. The van der Waals surface area contributed by atoms with Crippen LogP contribution < -0.4 is 5.43 Å². The van der Waals surface area contributed by atoms with Gasteiger partial charge in [0.1, 0.15) is 5.69 Å². The zero-order valence-corrected chi connectivity index (χ0v) is 9.48. The number of aromatic amines is 1. The first-order chi connectivity index (χ1) is 8.68. The highest BCUT2D eigenvalue weighted by Gasteiger charge is 2.37. The number of carbonyl (C=O) groups is 1. The van der Waals surface area contributed by atoms with Gasteiger partial charge in [-0.05, 0) is 0 Å². The van der Waals surface area contributed by atoms with Crippen molar-refractivity contribution in [1.29, 1.82) is 0 Å². The SMILES string of the molecule is COC(=O)Cc1c(C(F)(F)F)[nH]cc(C(F)F)c1=O. The molecule has 9 heteroatoms. The summed E-state index contributed by atoms with van der Waals surface area (Å²) in [6.07, 6.45) is -8.97. The van der Waals surface area contributed by atoms with Crippen LogP contribution >= 0.6 is 0 Å². The lowest BCUT2D eigenvalue weighted by Gasteiger charge is -2.12. The summed E-state index contributed by atoms with van der Waals surface area (Å²) in [5.41, 5.74) is -5.28. The predicted octanol–water partition coefficient (Wildman–Crippen LogP) is 2.05. The second kappa shape index (κ2) is 5.37. The molecule has 0 amide bonds. The van der Waals surface area contributed by atoms with Gasteiger partial charge in [0.15, 0.2) is 5.43 Å². The monoisotopic (exact) mass is 285 g/mol. The van der Waals surface area contributed by atoms with Crippen molar-refractivity contribution in [3.05, 3.63) is 33.2 Å². The van der Waals surface area contributed by atoms with Crippen LogP contribution in [-0.4, -0.2) is 18.1 Å². The summed E-state index contributed by atoms with van der Waals surface area (Å²) >= 11 is 0. The number of aromatic nitrogens is 1. The van der Waals surface area contributed by atoms with Gasteiger partial charge in [-0.15, -0.1) is 0 Å². The normalized spacial score (nSPS) is 11.7. The number of hydrogen-bond donors (Lipinski definition) is 1. The van der Waals surface area contributed by atoms with Gasteiger partial charge in [-0.25, -0.2) is 8.78 Å². The molecule has 0 atom stereocenters. The maximum absolute atomic E-state index is 12.6. The van der Waals surface area contributed by atoms with Crippen LogP contribution in [0.4, 0.5) is 22.0 Å². The van der Waals surface area contributed by atoms with Gasteiger partial charge < -0.3 is 9.72 Å². The zero-order valence-electron chi connectivity index (χ0n) is 9.48. The van der Waals surface area contributed by atoms with E-state index in [4.69, 9.17) is 0 Å². The number of ether oxygens (including phenoxy) is 1. The molecule has 19 heavy (non-hydrogen) atoms. The topological polar surface area (TPSA) is 59.2 Å². The number of pyridine rings is 1. The summed E-state index contributed by atoms with van der Waals surface area (Å²) in [6.45, 7) is 0. The van der Waals surface area contributed by atoms with Gasteiger partial charge in [0.05, 0.1) is 19.1 Å². The molecule has 0 fully saturated rings. The average Bonchev–Trinajstić information content (AvgIpc) is 2.29. The number of methoxy groups -OCH3 is 1. The minimum atomic E-state index is -4.97. The second-order valence-corrected chi connectivity index (χ2v) is 3.48. The van der Waals surface area contributed by atoms with E-state index in [9.17, 15) is 31.5 Å². The maximum Gasteiger partial charge on any atom is 0.431 e. The fourth-order valence-electron chi connectivity index (χ4n) is 1.39. The highest BCUT2D eigenvalue weighted by molar-refractivity contribution is 5.72. The van der Waals surface area contributed by atoms with Gasteiger partial charge in [-0.3, -0.25) is 9.59 Å². The molecule has 1 aromatic rings. The Bertz CT molecular complexity index is 535. The smallest absolute Gasteiger partial charge is 0.431 e. The predicted molar refractivity (Wildman–Crippen MR) is 52.7 cm³/mol. The molecule has 0 aliphatic heterocycles. The van der Waals surface area contributed by atoms with E-state index >= 15 is 0 Å². The Labute approximate surface area is 103 Å². The van der Waals surface area contributed by atoms with Gasteiger partial charge >= 0.3 is 12.1 Å².